The van der Waals surface area contributed by atoms with Crippen LogP contribution in [0.25, 0.3) is 0 Å². The molecule has 100 valence electrons. The smallest absolute Gasteiger partial charge is 0.232 e. The number of nitrogens with one attached hydrogen (secondary N) is 1. The molecular weight excluding hydrogens is 286 g/mol. The zero-order chi connectivity index (χ0) is 14.3. The van der Waals surface area contributed by atoms with Gasteiger partial charge in [-0.25, -0.2) is 8.42 Å². The fourth-order valence-electron chi connectivity index (χ4n) is 1.41. The zero-order valence-electron chi connectivity index (χ0n) is 10.1. The van der Waals surface area contributed by atoms with Crippen LogP contribution in [0.2, 0.25) is 0 Å². The molecule has 7 heteroatoms. The number of halogens is 1. The van der Waals surface area contributed by atoms with Crippen LogP contribution < -0.4 is 4.72 Å². The normalized spacial score (nSPS) is 10.5. The van der Waals surface area contributed by atoms with E-state index in [0.717, 1.165) is 0 Å². The second-order valence-electron chi connectivity index (χ2n) is 3.80. The highest BCUT2D eigenvalue weighted by molar-refractivity contribution is 7.92. The molecule has 0 aliphatic carbocycles. The molecule has 19 heavy (non-hydrogen) atoms. The molecule has 0 fully saturated rings. The van der Waals surface area contributed by atoms with Gasteiger partial charge in [-0.05, 0) is 31.0 Å². The summed E-state index contributed by atoms with van der Waals surface area (Å²) in [5.41, 5.74) is 0.637. The molecule has 1 N–H and O–H groups in total. The maximum Gasteiger partial charge on any atom is 0.232 e. The lowest BCUT2D eigenvalue weighted by Gasteiger charge is -2.08. The van der Waals surface area contributed by atoms with Crippen molar-refractivity contribution < 1.29 is 8.42 Å². The first kappa shape index (κ1) is 15.3. The fraction of sp³-hybridized carbons (Fsp3) is 0.333. The molecule has 0 aliphatic rings. The van der Waals surface area contributed by atoms with Gasteiger partial charge in [-0.3, -0.25) is 4.72 Å². The van der Waals surface area contributed by atoms with Gasteiger partial charge in [-0.1, -0.05) is 0 Å². The first-order valence-corrected chi connectivity index (χ1v) is 7.72. The first-order valence-electron chi connectivity index (χ1n) is 5.53. The number of nitriles is 2. The lowest BCUT2D eigenvalue weighted by molar-refractivity contribution is 0.598. The average Bonchev–Trinajstić information content (AvgIpc) is 2.38. The molecular formula is C12H12ClN3O2S. The Morgan fingerprint density at radius 3 is 2.42 bits per heavy atom. The molecule has 0 unspecified atom stereocenters. The summed E-state index contributed by atoms with van der Waals surface area (Å²) in [5.74, 6) is 0.395. The van der Waals surface area contributed by atoms with Gasteiger partial charge in [0.05, 0.1) is 16.9 Å². The predicted octanol–water partition coefficient (Wildman–Crippen LogP) is 2.19. The molecule has 0 bridgehead atoms. The largest absolute Gasteiger partial charge is 0.284 e. The number of nitrogens with zero attached hydrogens (tertiary/aromatic N) is 2. The van der Waals surface area contributed by atoms with Crippen LogP contribution in [-0.4, -0.2) is 20.1 Å². The van der Waals surface area contributed by atoms with E-state index in [-0.39, 0.29) is 22.6 Å². The van der Waals surface area contributed by atoms with Gasteiger partial charge >= 0.3 is 0 Å². The van der Waals surface area contributed by atoms with Crippen molar-refractivity contribution in [2.24, 2.45) is 0 Å². The molecule has 5 nitrogen and oxygen atoms in total. The number of hydrogen-bond acceptors (Lipinski definition) is 4. The highest BCUT2D eigenvalue weighted by Gasteiger charge is 2.11. The van der Waals surface area contributed by atoms with Crippen LogP contribution in [0.5, 0.6) is 0 Å². The number of anilines is 1. The first-order chi connectivity index (χ1) is 9.02. The maximum absolute atomic E-state index is 11.7. The third-order valence-corrected chi connectivity index (χ3v) is 3.97. The summed E-state index contributed by atoms with van der Waals surface area (Å²) in [6, 6.07) is 7.93. The Bertz CT molecular complexity index is 629. The Kier molecular flexibility index (Phi) is 5.62. The van der Waals surface area contributed by atoms with E-state index >= 15 is 0 Å². The Morgan fingerprint density at radius 1 is 1.16 bits per heavy atom. The Balaban J connectivity index is 2.84. The Hall–Kier alpha value is -1.76. The van der Waals surface area contributed by atoms with Crippen LogP contribution in [0.3, 0.4) is 0 Å². The summed E-state index contributed by atoms with van der Waals surface area (Å²) in [4.78, 5) is 0. The molecule has 1 aromatic carbocycles. The van der Waals surface area contributed by atoms with E-state index < -0.39 is 10.0 Å². The minimum absolute atomic E-state index is 0.0262. The lowest BCUT2D eigenvalue weighted by Crippen LogP contribution is -2.16. The molecule has 1 rings (SSSR count). The second-order valence-corrected chi connectivity index (χ2v) is 6.02. The molecule has 0 aliphatic heterocycles. The summed E-state index contributed by atoms with van der Waals surface area (Å²) >= 11 is 5.48. The van der Waals surface area contributed by atoms with Crippen LogP contribution in [0.1, 0.15) is 24.0 Å². The molecule has 0 radical (unpaired) electrons. The Morgan fingerprint density at radius 2 is 1.84 bits per heavy atom. The van der Waals surface area contributed by atoms with E-state index in [9.17, 15) is 8.42 Å². The number of sulfonamides is 1. The maximum atomic E-state index is 11.7. The van der Waals surface area contributed by atoms with Crippen LogP contribution in [0, 0.1) is 22.7 Å². The quantitative estimate of drug-likeness (QED) is 0.643. The van der Waals surface area contributed by atoms with E-state index in [2.05, 4.69) is 4.72 Å². The molecule has 0 heterocycles. The van der Waals surface area contributed by atoms with E-state index in [4.69, 9.17) is 22.1 Å². The zero-order valence-corrected chi connectivity index (χ0v) is 11.6. The predicted molar refractivity (Wildman–Crippen MR) is 73.2 cm³/mol. The number of unbranched alkanes of at least 4 members (excludes halogenated alkanes) is 1. The van der Waals surface area contributed by atoms with Crippen molar-refractivity contribution >= 4 is 27.3 Å². The minimum atomic E-state index is -3.45. The van der Waals surface area contributed by atoms with Crippen LogP contribution in [0.15, 0.2) is 18.2 Å². The van der Waals surface area contributed by atoms with Crippen molar-refractivity contribution in [2.75, 3.05) is 16.4 Å². The van der Waals surface area contributed by atoms with Crippen molar-refractivity contribution in [3.63, 3.8) is 0 Å². The van der Waals surface area contributed by atoms with Crippen molar-refractivity contribution in [1.29, 1.82) is 10.5 Å². The third-order valence-electron chi connectivity index (χ3n) is 2.33. The molecule has 0 amide bonds. The van der Waals surface area contributed by atoms with Gasteiger partial charge in [0.2, 0.25) is 10.0 Å². The van der Waals surface area contributed by atoms with Crippen LogP contribution in [-0.2, 0) is 10.0 Å². The van der Waals surface area contributed by atoms with E-state index in [1.807, 2.05) is 12.1 Å². The van der Waals surface area contributed by atoms with Gasteiger partial charge in [-0.15, -0.1) is 11.6 Å². The van der Waals surface area contributed by atoms with Crippen molar-refractivity contribution in [3.05, 3.63) is 29.3 Å². The lowest BCUT2D eigenvalue weighted by atomic mass is 10.1. The van der Waals surface area contributed by atoms with Crippen molar-refractivity contribution in [1.82, 2.24) is 0 Å². The van der Waals surface area contributed by atoms with Crippen LogP contribution >= 0.6 is 11.6 Å². The van der Waals surface area contributed by atoms with Gasteiger partial charge in [0.25, 0.3) is 0 Å². The minimum Gasteiger partial charge on any atom is -0.284 e. The molecule has 0 saturated carbocycles. The van der Waals surface area contributed by atoms with E-state index in [1.165, 1.54) is 18.2 Å². The van der Waals surface area contributed by atoms with Crippen LogP contribution in [0.4, 0.5) is 5.69 Å². The summed E-state index contributed by atoms with van der Waals surface area (Å²) < 4.78 is 25.8. The number of alkyl halides is 1. The molecule has 0 atom stereocenters. The SMILES string of the molecule is N#Cc1ccc(NS(=O)(=O)CCCCCl)cc1C#N. The van der Waals surface area contributed by atoms with E-state index in [0.29, 0.717) is 18.7 Å². The van der Waals surface area contributed by atoms with Gasteiger partial charge in [0, 0.05) is 11.6 Å². The summed E-state index contributed by atoms with van der Waals surface area (Å²) in [5, 5.41) is 17.6. The van der Waals surface area contributed by atoms with Gasteiger partial charge in [0.1, 0.15) is 12.1 Å². The average molecular weight is 298 g/mol. The fourth-order valence-corrected chi connectivity index (χ4v) is 2.78. The van der Waals surface area contributed by atoms with Crippen molar-refractivity contribution in [3.8, 4) is 12.1 Å². The van der Waals surface area contributed by atoms with Gasteiger partial charge in [-0.2, -0.15) is 10.5 Å². The summed E-state index contributed by atoms with van der Waals surface area (Å²) in [7, 11) is -3.45. The summed E-state index contributed by atoms with van der Waals surface area (Å²) in [6.45, 7) is 0. The molecule has 0 saturated heterocycles. The number of benzene rings is 1. The molecule has 0 aromatic heterocycles. The van der Waals surface area contributed by atoms with Crippen molar-refractivity contribution in [2.45, 2.75) is 12.8 Å². The highest BCUT2D eigenvalue weighted by Crippen LogP contribution is 2.16. The molecule has 1 aromatic rings. The third kappa shape index (κ3) is 4.78. The van der Waals surface area contributed by atoms with E-state index in [1.54, 1.807) is 0 Å². The Labute approximate surface area is 117 Å². The number of hydrogen-bond donors (Lipinski definition) is 1. The summed E-state index contributed by atoms with van der Waals surface area (Å²) in [6.07, 6.45) is 1.10. The highest BCUT2D eigenvalue weighted by atomic mass is 35.5. The monoisotopic (exact) mass is 297 g/mol. The molecule has 0 spiro atoms. The number of rotatable bonds is 6. The van der Waals surface area contributed by atoms with Gasteiger partial charge < -0.3 is 0 Å². The standard InChI is InChI=1S/C12H12ClN3O2S/c13-5-1-2-6-19(17,18)16-12-4-3-10(8-14)11(7-12)9-15/h3-4,7,16H,1-2,5-6H2. The second kappa shape index (κ2) is 6.98. The van der Waals surface area contributed by atoms with Gasteiger partial charge in [0.15, 0.2) is 0 Å². The topological polar surface area (TPSA) is 93.8 Å².